The van der Waals surface area contributed by atoms with Crippen LogP contribution in [0.2, 0.25) is 0 Å². The zero-order chi connectivity index (χ0) is 14.1. The second-order valence-electron chi connectivity index (χ2n) is 4.51. The summed E-state index contributed by atoms with van der Waals surface area (Å²) in [6, 6.07) is 11.1. The van der Waals surface area contributed by atoms with E-state index in [0.717, 1.165) is 11.1 Å². The fraction of sp³-hybridized carbons (Fsp3) is 0.0667. The highest BCUT2D eigenvalue weighted by atomic mass is 35.5. The van der Waals surface area contributed by atoms with Gasteiger partial charge in [-0.05, 0) is 29.8 Å². The predicted octanol–water partition coefficient (Wildman–Crippen LogP) is 2.30. The van der Waals surface area contributed by atoms with Gasteiger partial charge in [0, 0.05) is 23.6 Å². The Bertz CT molecular complexity index is 737. The molecule has 1 atom stereocenters. The molecule has 6 heteroatoms. The maximum Gasteiger partial charge on any atom is 0.205 e. The molecule has 21 heavy (non-hydrogen) atoms. The summed E-state index contributed by atoms with van der Waals surface area (Å²) >= 11 is 0. The van der Waals surface area contributed by atoms with E-state index in [0.29, 0.717) is 17.0 Å². The topological polar surface area (TPSA) is 98.0 Å². The Morgan fingerprint density at radius 3 is 2.71 bits per heavy atom. The maximum absolute atomic E-state index is 9.37. The molecule has 0 amide bonds. The average molecular weight is 301 g/mol. The molecule has 3 rings (SSSR count). The molecular weight excluding hydrogens is 288 g/mol. The lowest BCUT2D eigenvalue weighted by Crippen LogP contribution is -2.21. The fourth-order valence-corrected chi connectivity index (χ4v) is 2.37. The number of aromatic nitrogens is 1. The number of nitriles is 1. The maximum atomic E-state index is 9.37. The highest BCUT2D eigenvalue weighted by molar-refractivity contribution is 5.85. The first kappa shape index (κ1) is 14.7. The molecule has 0 bridgehead atoms. The second-order valence-corrected chi connectivity index (χ2v) is 4.51. The Hall–Kier alpha value is -2.71. The summed E-state index contributed by atoms with van der Waals surface area (Å²) in [5, 5.41) is 9.37. The van der Waals surface area contributed by atoms with Crippen LogP contribution in [0.15, 0.2) is 54.2 Å². The zero-order valence-electron chi connectivity index (χ0n) is 11.0. The summed E-state index contributed by atoms with van der Waals surface area (Å²) in [7, 11) is 0. The van der Waals surface area contributed by atoms with Crippen molar-refractivity contribution in [3.8, 4) is 11.8 Å². The number of fused-ring (bicyclic) bond motifs is 1. The third-order valence-electron chi connectivity index (χ3n) is 3.26. The van der Waals surface area contributed by atoms with Gasteiger partial charge < -0.3 is 16.2 Å². The van der Waals surface area contributed by atoms with E-state index in [1.165, 1.54) is 0 Å². The number of nitrogens with zero attached hydrogens (tertiary/aromatic N) is 2. The number of pyridine rings is 1. The molecule has 1 unspecified atom stereocenters. The van der Waals surface area contributed by atoms with Gasteiger partial charge in [-0.15, -0.1) is 12.4 Å². The Balaban J connectivity index is 0.00000161. The summed E-state index contributed by atoms with van der Waals surface area (Å²) < 4.78 is 5.50. The lowest BCUT2D eigenvalue weighted by atomic mass is 9.84. The van der Waals surface area contributed by atoms with Gasteiger partial charge in [-0.25, -0.2) is 0 Å². The molecule has 0 fully saturated rings. The van der Waals surface area contributed by atoms with Crippen LogP contribution < -0.4 is 16.2 Å². The van der Waals surface area contributed by atoms with Crippen LogP contribution in [0.1, 0.15) is 17.0 Å². The van der Waals surface area contributed by atoms with Crippen molar-refractivity contribution in [1.29, 1.82) is 5.26 Å². The normalized spacial score (nSPS) is 16.2. The molecule has 0 saturated heterocycles. The van der Waals surface area contributed by atoms with E-state index in [2.05, 4.69) is 11.1 Å². The number of rotatable bonds is 1. The first-order valence-corrected chi connectivity index (χ1v) is 6.07. The molecule has 5 nitrogen and oxygen atoms in total. The number of hydrogen-bond acceptors (Lipinski definition) is 5. The van der Waals surface area contributed by atoms with Gasteiger partial charge in [0.15, 0.2) is 0 Å². The standard InChI is InChI=1S/C15H12N4O.ClH/c16-7-12-14(9-2-1-5-19-8-9)11-6-10(17)3-4-13(11)20-15(12)18;/h1-6,8,14H,17-18H2;1H. The molecule has 2 aromatic rings. The number of benzene rings is 1. The minimum absolute atomic E-state index is 0. The lowest BCUT2D eigenvalue weighted by molar-refractivity contribution is 0.394. The van der Waals surface area contributed by atoms with Crippen molar-refractivity contribution in [2.75, 3.05) is 5.73 Å². The number of allylic oxidation sites excluding steroid dienone is 1. The van der Waals surface area contributed by atoms with Gasteiger partial charge in [0.1, 0.15) is 17.4 Å². The number of nitrogen functional groups attached to an aromatic ring is 1. The number of hydrogen-bond donors (Lipinski definition) is 2. The van der Waals surface area contributed by atoms with Crippen molar-refractivity contribution in [2.45, 2.75) is 5.92 Å². The lowest BCUT2D eigenvalue weighted by Gasteiger charge is -2.26. The van der Waals surface area contributed by atoms with Crippen molar-refractivity contribution in [3.63, 3.8) is 0 Å². The van der Waals surface area contributed by atoms with Crippen LogP contribution in [0.4, 0.5) is 5.69 Å². The van der Waals surface area contributed by atoms with Gasteiger partial charge in [0.2, 0.25) is 5.88 Å². The van der Waals surface area contributed by atoms with Crippen LogP contribution in [0.25, 0.3) is 0 Å². The van der Waals surface area contributed by atoms with Crippen LogP contribution in [0, 0.1) is 11.3 Å². The van der Waals surface area contributed by atoms with E-state index in [1.54, 1.807) is 30.6 Å². The molecule has 4 N–H and O–H groups in total. The molecule has 1 aromatic carbocycles. The fourth-order valence-electron chi connectivity index (χ4n) is 2.37. The van der Waals surface area contributed by atoms with Crippen molar-refractivity contribution in [1.82, 2.24) is 4.98 Å². The Morgan fingerprint density at radius 2 is 2.05 bits per heavy atom. The first-order chi connectivity index (χ1) is 9.70. The molecule has 0 aliphatic carbocycles. The third kappa shape index (κ3) is 2.49. The van der Waals surface area contributed by atoms with Crippen LogP contribution >= 0.6 is 12.4 Å². The Labute approximate surface area is 128 Å². The van der Waals surface area contributed by atoms with Crippen molar-refractivity contribution in [2.24, 2.45) is 5.73 Å². The SMILES string of the molecule is Cl.N#CC1=C(N)Oc2ccc(N)cc2C1c1cccnc1. The van der Waals surface area contributed by atoms with E-state index >= 15 is 0 Å². The molecule has 1 aromatic heterocycles. The van der Waals surface area contributed by atoms with Crippen LogP contribution in [0.3, 0.4) is 0 Å². The summed E-state index contributed by atoms with van der Waals surface area (Å²) in [5.41, 5.74) is 14.4. The van der Waals surface area contributed by atoms with E-state index in [9.17, 15) is 5.26 Å². The molecule has 0 spiro atoms. The van der Waals surface area contributed by atoms with E-state index in [4.69, 9.17) is 16.2 Å². The Kier molecular flexibility index (Phi) is 4.01. The van der Waals surface area contributed by atoms with Gasteiger partial charge >= 0.3 is 0 Å². The summed E-state index contributed by atoms with van der Waals surface area (Å²) in [4.78, 5) is 4.10. The highest BCUT2D eigenvalue weighted by Gasteiger charge is 2.30. The molecule has 1 aliphatic rings. The van der Waals surface area contributed by atoms with Gasteiger partial charge in [0.05, 0.1) is 5.92 Å². The minimum Gasteiger partial charge on any atom is -0.440 e. The summed E-state index contributed by atoms with van der Waals surface area (Å²) in [6.45, 7) is 0. The van der Waals surface area contributed by atoms with Crippen LogP contribution in [-0.2, 0) is 0 Å². The molecule has 1 aliphatic heterocycles. The third-order valence-corrected chi connectivity index (χ3v) is 3.26. The first-order valence-electron chi connectivity index (χ1n) is 6.07. The van der Waals surface area contributed by atoms with Crippen molar-refractivity contribution in [3.05, 3.63) is 65.3 Å². The van der Waals surface area contributed by atoms with Gasteiger partial charge in [-0.1, -0.05) is 6.07 Å². The quantitative estimate of drug-likeness (QED) is 0.787. The molecule has 0 radical (unpaired) electrons. The minimum atomic E-state index is -0.305. The largest absolute Gasteiger partial charge is 0.440 e. The van der Waals surface area contributed by atoms with Gasteiger partial charge in [-0.3, -0.25) is 4.98 Å². The molecule has 106 valence electrons. The van der Waals surface area contributed by atoms with Crippen LogP contribution in [-0.4, -0.2) is 4.98 Å². The highest BCUT2D eigenvalue weighted by Crippen LogP contribution is 2.42. The average Bonchev–Trinajstić information content (AvgIpc) is 2.47. The predicted molar refractivity (Wildman–Crippen MR) is 81.6 cm³/mol. The number of nitrogens with two attached hydrogens (primary N) is 2. The molecular formula is C15H13ClN4O. The van der Waals surface area contributed by atoms with Crippen molar-refractivity contribution >= 4 is 18.1 Å². The smallest absolute Gasteiger partial charge is 0.205 e. The molecule has 0 saturated carbocycles. The number of anilines is 1. The Morgan fingerprint density at radius 1 is 1.24 bits per heavy atom. The summed E-state index contributed by atoms with van der Waals surface area (Å²) in [6.07, 6.45) is 3.40. The number of ether oxygens (including phenoxy) is 1. The zero-order valence-corrected chi connectivity index (χ0v) is 11.8. The monoisotopic (exact) mass is 300 g/mol. The summed E-state index contributed by atoms with van der Waals surface area (Å²) in [5.74, 6) is 0.434. The van der Waals surface area contributed by atoms with E-state index in [1.807, 2.05) is 12.1 Å². The van der Waals surface area contributed by atoms with Crippen molar-refractivity contribution < 1.29 is 4.74 Å². The van der Waals surface area contributed by atoms with Crippen LogP contribution in [0.5, 0.6) is 5.75 Å². The van der Waals surface area contributed by atoms with Gasteiger partial charge in [-0.2, -0.15) is 5.26 Å². The molecule has 2 heterocycles. The van der Waals surface area contributed by atoms with E-state index < -0.39 is 0 Å². The number of halogens is 1. The van der Waals surface area contributed by atoms with E-state index in [-0.39, 0.29) is 24.2 Å². The second kappa shape index (κ2) is 5.73. The van der Waals surface area contributed by atoms with Gasteiger partial charge in [0.25, 0.3) is 0 Å².